The van der Waals surface area contributed by atoms with Crippen molar-refractivity contribution >= 4 is 11.0 Å². The molecule has 0 bridgehead atoms. The minimum atomic E-state index is -0.694. The molecule has 5 heteroatoms. The number of hydrogen-bond donors (Lipinski definition) is 3. The second-order valence-corrected chi connectivity index (χ2v) is 6.09. The quantitative estimate of drug-likeness (QED) is 0.626. The van der Waals surface area contributed by atoms with Crippen LogP contribution in [0.2, 0.25) is 0 Å². The third kappa shape index (κ3) is 3.08. The van der Waals surface area contributed by atoms with Crippen molar-refractivity contribution in [2.45, 2.75) is 20.3 Å². The standard InChI is InChI=1S/C20H18O5/c1-11(2)3-4-12-7-10-15(22)16-17(23)18(24)20(25-19(12)16)13-5-8-14(21)9-6-13/h3,5-10,21-22,24H,4H2,1-2H3. The molecule has 0 saturated carbocycles. The Balaban J connectivity index is 2.32. The average Bonchev–Trinajstić information content (AvgIpc) is 2.58. The van der Waals surface area contributed by atoms with Crippen LogP contribution >= 0.6 is 0 Å². The number of phenolic OH excluding ortho intramolecular Hbond substituents is 2. The summed E-state index contributed by atoms with van der Waals surface area (Å²) < 4.78 is 5.82. The summed E-state index contributed by atoms with van der Waals surface area (Å²) in [6.07, 6.45) is 2.51. The van der Waals surface area contributed by atoms with E-state index in [1.54, 1.807) is 6.07 Å². The van der Waals surface area contributed by atoms with Crippen LogP contribution in [-0.4, -0.2) is 15.3 Å². The molecular formula is C20H18O5. The molecule has 2 aromatic carbocycles. The van der Waals surface area contributed by atoms with Crippen LogP contribution in [0.25, 0.3) is 22.3 Å². The van der Waals surface area contributed by atoms with Crippen molar-refractivity contribution in [2.75, 3.05) is 0 Å². The van der Waals surface area contributed by atoms with Gasteiger partial charge in [-0.1, -0.05) is 17.7 Å². The topological polar surface area (TPSA) is 90.9 Å². The molecule has 1 aromatic heterocycles. The minimum Gasteiger partial charge on any atom is -0.508 e. The second-order valence-electron chi connectivity index (χ2n) is 6.09. The van der Waals surface area contributed by atoms with Gasteiger partial charge in [0.1, 0.15) is 22.5 Å². The third-order valence-electron chi connectivity index (χ3n) is 3.94. The zero-order valence-corrected chi connectivity index (χ0v) is 13.9. The third-order valence-corrected chi connectivity index (χ3v) is 3.94. The molecule has 0 amide bonds. The summed E-state index contributed by atoms with van der Waals surface area (Å²) in [5.74, 6) is -0.750. The molecule has 0 aliphatic heterocycles. The van der Waals surface area contributed by atoms with E-state index < -0.39 is 11.2 Å². The largest absolute Gasteiger partial charge is 0.508 e. The zero-order chi connectivity index (χ0) is 18.1. The molecule has 0 saturated heterocycles. The summed E-state index contributed by atoms with van der Waals surface area (Å²) in [5.41, 5.74) is 1.84. The molecule has 128 valence electrons. The van der Waals surface area contributed by atoms with Gasteiger partial charge in [0.25, 0.3) is 0 Å². The molecule has 0 radical (unpaired) electrons. The van der Waals surface area contributed by atoms with E-state index >= 15 is 0 Å². The first-order valence-electron chi connectivity index (χ1n) is 7.82. The van der Waals surface area contributed by atoms with Crippen molar-refractivity contribution in [2.24, 2.45) is 0 Å². The molecule has 0 fully saturated rings. The maximum Gasteiger partial charge on any atom is 0.238 e. The van der Waals surface area contributed by atoms with Crippen molar-refractivity contribution in [3.63, 3.8) is 0 Å². The lowest BCUT2D eigenvalue weighted by Crippen LogP contribution is -2.04. The summed E-state index contributed by atoms with van der Waals surface area (Å²) >= 11 is 0. The van der Waals surface area contributed by atoms with E-state index in [9.17, 15) is 20.1 Å². The highest BCUT2D eigenvalue weighted by Gasteiger charge is 2.19. The molecule has 25 heavy (non-hydrogen) atoms. The molecular weight excluding hydrogens is 320 g/mol. The molecule has 0 spiro atoms. The van der Waals surface area contributed by atoms with E-state index in [2.05, 4.69) is 0 Å². The fourth-order valence-corrected chi connectivity index (χ4v) is 2.61. The number of aromatic hydroxyl groups is 3. The number of fused-ring (bicyclic) bond motifs is 1. The van der Waals surface area contributed by atoms with Gasteiger partial charge in [-0.3, -0.25) is 4.79 Å². The molecule has 0 aliphatic rings. The molecule has 3 rings (SSSR count). The van der Waals surface area contributed by atoms with E-state index in [4.69, 9.17) is 4.42 Å². The zero-order valence-electron chi connectivity index (χ0n) is 13.9. The molecule has 0 aliphatic carbocycles. The van der Waals surface area contributed by atoms with Gasteiger partial charge in [0.2, 0.25) is 11.2 Å². The van der Waals surface area contributed by atoms with Crippen molar-refractivity contribution in [1.82, 2.24) is 0 Å². The summed E-state index contributed by atoms with van der Waals surface area (Å²) in [6.45, 7) is 3.93. The van der Waals surface area contributed by atoms with Gasteiger partial charge in [-0.15, -0.1) is 0 Å². The van der Waals surface area contributed by atoms with E-state index in [1.165, 1.54) is 30.3 Å². The Bertz CT molecular complexity index is 1020. The minimum absolute atomic E-state index is 0.00144. The molecule has 1 heterocycles. The fourth-order valence-electron chi connectivity index (χ4n) is 2.61. The predicted octanol–water partition coefficient (Wildman–Crippen LogP) is 4.09. The van der Waals surface area contributed by atoms with Crippen molar-refractivity contribution in [3.8, 4) is 28.6 Å². The Kier molecular flexibility index (Phi) is 4.23. The Labute approximate surface area is 144 Å². The number of allylic oxidation sites excluding steroid dienone is 2. The number of benzene rings is 2. The van der Waals surface area contributed by atoms with Crippen LogP contribution in [0.1, 0.15) is 19.4 Å². The highest BCUT2D eigenvalue weighted by atomic mass is 16.4. The van der Waals surface area contributed by atoms with Gasteiger partial charge in [-0.25, -0.2) is 0 Å². The van der Waals surface area contributed by atoms with Gasteiger partial charge in [0.05, 0.1) is 0 Å². The van der Waals surface area contributed by atoms with E-state index in [-0.39, 0.29) is 28.2 Å². The molecule has 0 atom stereocenters. The van der Waals surface area contributed by atoms with Gasteiger partial charge >= 0.3 is 0 Å². The first-order chi connectivity index (χ1) is 11.9. The highest BCUT2D eigenvalue weighted by molar-refractivity contribution is 5.89. The summed E-state index contributed by atoms with van der Waals surface area (Å²) in [7, 11) is 0. The summed E-state index contributed by atoms with van der Waals surface area (Å²) in [5, 5.41) is 29.7. The second kappa shape index (κ2) is 6.36. The van der Waals surface area contributed by atoms with Crippen LogP contribution < -0.4 is 5.43 Å². The van der Waals surface area contributed by atoms with Gasteiger partial charge < -0.3 is 19.7 Å². The molecule has 3 N–H and O–H groups in total. The maximum atomic E-state index is 12.6. The normalized spacial score (nSPS) is 10.8. The number of hydrogen-bond acceptors (Lipinski definition) is 5. The maximum absolute atomic E-state index is 12.6. The van der Waals surface area contributed by atoms with Crippen molar-refractivity contribution in [3.05, 3.63) is 63.8 Å². The Morgan fingerprint density at radius 3 is 2.36 bits per heavy atom. The molecule has 0 unspecified atom stereocenters. The predicted molar refractivity (Wildman–Crippen MR) is 96.0 cm³/mol. The lowest BCUT2D eigenvalue weighted by Gasteiger charge is -2.10. The van der Waals surface area contributed by atoms with Crippen LogP contribution in [0, 0.1) is 0 Å². The van der Waals surface area contributed by atoms with E-state index in [1.807, 2.05) is 19.9 Å². The van der Waals surface area contributed by atoms with Gasteiger partial charge in [0.15, 0.2) is 5.76 Å². The van der Waals surface area contributed by atoms with Crippen molar-refractivity contribution in [1.29, 1.82) is 0 Å². The highest BCUT2D eigenvalue weighted by Crippen LogP contribution is 2.35. The first kappa shape index (κ1) is 16.6. The van der Waals surface area contributed by atoms with Crippen LogP contribution in [0.4, 0.5) is 0 Å². The van der Waals surface area contributed by atoms with Crippen LogP contribution in [0.5, 0.6) is 17.2 Å². The fraction of sp³-hybridized carbons (Fsp3) is 0.150. The van der Waals surface area contributed by atoms with Gasteiger partial charge in [0, 0.05) is 5.56 Å². The van der Waals surface area contributed by atoms with Crippen molar-refractivity contribution < 1.29 is 19.7 Å². The SMILES string of the molecule is CC(C)=CCc1ccc(O)c2c(=O)c(O)c(-c3ccc(O)cc3)oc12. The molecule has 5 nitrogen and oxygen atoms in total. The molecule has 3 aromatic rings. The number of rotatable bonds is 3. The number of phenols is 2. The van der Waals surface area contributed by atoms with Gasteiger partial charge in [-0.2, -0.15) is 0 Å². The Morgan fingerprint density at radius 1 is 1.04 bits per heavy atom. The summed E-state index contributed by atoms with van der Waals surface area (Å²) in [6, 6.07) is 9.07. The van der Waals surface area contributed by atoms with Crippen LogP contribution in [0.15, 0.2) is 57.3 Å². The van der Waals surface area contributed by atoms with Crippen LogP contribution in [-0.2, 0) is 6.42 Å². The smallest absolute Gasteiger partial charge is 0.238 e. The average molecular weight is 338 g/mol. The van der Waals surface area contributed by atoms with E-state index in [0.717, 1.165) is 11.1 Å². The Hall–Kier alpha value is -3.21. The summed E-state index contributed by atoms with van der Waals surface area (Å²) in [4.78, 5) is 12.6. The monoisotopic (exact) mass is 338 g/mol. The van der Waals surface area contributed by atoms with Gasteiger partial charge in [-0.05, 0) is 56.2 Å². The van der Waals surface area contributed by atoms with E-state index in [0.29, 0.717) is 12.0 Å². The van der Waals surface area contributed by atoms with Crippen LogP contribution in [0.3, 0.4) is 0 Å². The lowest BCUT2D eigenvalue weighted by atomic mass is 10.0. The first-order valence-corrected chi connectivity index (χ1v) is 7.82. The lowest BCUT2D eigenvalue weighted by molar-refractivity contribution is 0.444. The Morgan fingerprint density at radius 2 is 1.72 bits per heavy atom.